The predicted molar refractivity (Wildman–Crippen MR) is 119 cm³/mol. The van der Waals surface area contributed by atoms with Crippen molar-refractivity contribution in [3.05, 3.63) is 101 Å². The molecule has 1 aliphatic rings. The largest absolute Gasteiger partial charge is 0.350 e. The number of amides is 2. The molecule has 0 radical (unpaired) electrons. The van der Waals surface area contributed by atoms with E-state index in [1.165, 1.54) is 23.9 Å². The van der Waals surface area contributed by atoms with Crippen molar-refractivity contribution in [3.8, 4) is 0 Å². The number of rotatable bonds is 5. The van der Waals surface area contributed by atoms with Gasteiger partial charge in [0, 0.05) is 30.3 Å². The molecule has 0 spiro atoms. The molecule has 2 unspecified atom stereocenters. The first-order chi connectivity index (χ1) is 15.0. The van der Waals surface area contributed by atoms with Crippen LogP contribution in [-0.2, 0) is 11.3 Å². The second kappa shape index (κ2) is 9.31. The molecule has 4 rings (SSSR count). The Labute approximate surface area is 184 Å². The van der Waals surface area contributed by atoms with E-state index in [0.717, 1.165) is 11.1 Å². The lowest BCUT2D eigenvalue weighted by Gasteiger charge is -2.29. The molecule has 0 aliphatic carbocycles. The summed E-state index contributed by atoms with van der Waals surface area (Å²) in [6.45, 7) is 2.26. The Bertz CT molecular complexity index is 1090. The van der Waals surface area contributed by atoms with Crippen molar-refractivity contribution in [1.29, 1.82) is 0 Å². The summed E-state index contributed by atoms with van der Waals surface area (Å²) in [7, 11) is 0. The van der Waals surface area contributed by atoms with Gasteiger partial charge in [0.1, 0.15) is 17.2 Å². The van der Waals surface area contributed by atoms with Crippen LogP contribution in [0.25, 0.3) is 0 Å². The maximum atomic E-state index is 13.9. The second-order valence-corrected chi connectivity index (χ2v) is 8.52. The first kappa shape index (κ1) is 21.1. The van der Waals surface area contributed by atoms with Gasteiger partial charge < -0.3 is 10.2 Å². The van der Waals surface area contributed by atoms with Crippen LogP contribution in [0.1, 0.15) is 32.4 Å². The smallest absolute Gasteiger partial charge is 0.255 e. The van der Waals surface area contributed by atoms with Crippen molar-refractivity contribution in [2.75, 3.05) is 5.75 Å². The topological polar surface area (TPSA) is 62.3 Å². The van der Waals surface area contributed by atoms with Gasteiger partial charge in [0.15, 0.2) is 0 Å². The van der Waals surface area contributed by atoms with Crippen LogP contribution in [0, 0.1) is 12.7 Å². The molecule has 1 aromatic heterocycles. The third-order valence-corrected chi connectivity index (χ3v) is 6.48. The zero-order valence-electron chi connectivity index (χ0n) is 17.0. The number of aromatic nitrogens is 1. The van der Waals surface area contributed by atoms with Crippen molar-refractivity contribution in [2.45, 2.75) is 24.9 Å². The summed E-state index contributed by atoms with van der Waals surface area (Å²) in [5.74, 6) is -0.413. The van der Waals surface area contributed by atoms with Crippen LogP contribution >= 0.6 is 11.8 Å². The zero-order chi connectivity index (χ0) is 21.8. The normalized spacial score (nSPS) is 18.1. The lowest BCUT2D eigenvalue weighted by Crippen LogP contribution is -2.47. The van der Waals surface area contributed by atoms with E-state index in [0.29, 0.717) is 23.4 Å². The lowest BCUT2D eigenvalue weighted by molar-refractivity contribution is -0.125. The number of hydrogen-bond acceptors (Lipinski definition) is 4. The molecule has 3 aromatic rings. The van der Waals surface area contributed by atoms with Crippen LogP contribution in [0.4, 0.5) is 4.39 Å². The van der Waals surface area contributed by atoms with E-state index in [9.17, 15) is 14.0 Å². The molecular weight excluding hydrogens is 413 g/mol. The summed E-state index contributed by atoms with van der Waals surface area (Å²) in [6, 6.07) is 16.5. The minimum Gasteiger partial charge on any atom is -0.350 e. The van der Waals surface area contributed by atoms with Crippen molar-refractivity contribution < 1.29 is 14.0 Å². The van der Waals surface area contributed by atoms with Crippen molar-refractivity contribution in [3.63, 3.8) is 0 Å². The number of nitrogens with zero attached hydrogens (tertiary/aromatic N) is 2. The van der Waals surface area contributed by atoms with E-state index >= 15 is 0 Å². The first-order valence-corrected chi connectivity index (χ1v) is 11.0. The van der Waals surface area contributed by atoms with Gasteiger partial charge in [-0.15, -0.1) is 11.8 Å². The highest BCUT2D eigenvalue weighted by atomic mass is 32.2. The zero-order valence-corrected chi connectivity index (χ0v) is 17.8. The van der Waals surface area contributed by atoms with Crippen molar-refractivity contribution in [1.82, 2.24) is 15.2 Å². The molecular formula is C24H22FN3O2S. The number of nitrogens with one attached hydrogen (secondary N) is 1. The van der Waals surface area contributed by atoms with Crippen LogP contribution in [-0.4, -0.2) is 33.5 Å². The van der Waals surface area contributed by atoms with Crippen LogP contribution in [0.3, 0.4) is 0 Å². The highest BCUT2D eigenvalue weighted by molar-refractivity contribution is 7.99. The van der Waals surface area contributed by atoms with Crippen LogP contribution < -0.4 is 5.32 Å². The summed E-state index contributed by atoms with van der Waals surface area (Å²) in [6.07, 6.45) is 3.33. The molecule has 1 aliphatic heterocycles. The summed E-state index contributed by atoms with van der Waals surface area (Å²) < 4.78 is 13.9. The summed E-state index contributed by atoms with van der Waals surface area (Å²) >= 11 is 1.47. The summed E-state index contributed by atoms with van der Waals surface area (Å²) in [4.78, 5) is 32.1. The Morgan fingerprint density at radius 3 is 2.65 bits per heavy atom. The number of carbonyl (C=O) groups excluding carboxylic acids is 2. The van der Waals surface area contributed by atoms with Crippen LogP contribution in [0.2, 0.25) is 0 Å². The number of carbonyl (C=O) groups is 2. The number of halogens is 1. The quantitative estimate of drug-likeness (QED) is 0.655. The third kappa shape index (κ3) is 4.77. The molecule has 5 nitrogen and oxygen atoms in total. The number of benzene rings is 2. The molecule has 2 aromatic carbocycles. The monoisotopic (exact) mass is 435 g/mol. The minimum atomic E-state index is -0.659. The molecule has 2 heterocycles. The standard InChI is InChI=1S/C24H22FN3O2S/c1-16-4-2-5-18(12-16)23(30)28-21(22(29)27-14-17-8-10-26-11-9-17)15-31-24(28)19-6-3-7-20(25)13-19/h2-13,21,24H,14-15H2,1H3,(H,27,29). The van der Waals surface area contributed by atoms with E-state index in [4.69, 9.17) is 0 Å². The van der Waals surface area contributed by atoms with Gasteiger partial charge >= 0.3 is 0 Å². The maximum Gasteiger partial charge on any atom is 0.255 e. The average Bonchev–Trinajstić information content (AvgIpc) is 3.23. The summed E-state index contributed by atoms with van der Waals surface area (Å²) in [5.41, 5.74) is 3.05. The van der Waals surface area contributed by atoms with Gasteiger partial charge in [0.05, 0.1) is 0 Å². The molecule has 2 amide bonds. The highest BCUT2D eigenvalue weighted by Gasteiger charge is 2.42. The van der Waals surface area contributed by atoms with E-state index in [1.54, 1.807) is 41.6 Å². The fourth-order valence-electron chi connectivity index (χ4n) is 3.61. The van der Waals surface area contributed by atoms with E-state index in [1.807, 2.05) is 31.2 Å². The Morgan fingerprint density at radius 1 is 1.13 bits per heavy atom. The van der Waals surface area contributed by atoms with Gasteiger partial charge in [-0.1, -0.05) is 29.8 Å². The molecule has 0 bridgehead atoms. The fourth-order valence-corrected chi connectivity index (χ4v) is 5.03. The molecule has 7 heteroatoms. The highest BCUT2D eigenvalue weighted by Crippen LogP contribution is 2.42. The summed E-state index contributed by atoms with van der Waals surface area (Å²) in [5, 5.41) is 2.48. The molecule has 1 saturated heterocycles. The van der Waals surface area contributed by atoms with Gasteiger partial charge in [-0.25, -0.2) is 4.39 Å². The third-order valence-electron chi connectivity index (χ3n) is 5.15. The Kier molecular flexibility index (Phi) is 6.32. The Hall–Kier alpha value is -3.19. The van der Waals surface area contributed by atoms with E-state index < -0.39 is 11.4 Å². The molecule has 0 saturated carbocycles. The fraction of sp³-hybridized carbons (Fsp3) is 0.208. The number of thioether (sulfide) groups is 1. The maximum absolute atomic E-state index is 13.9. The predicted octanol–water partition coefficient (Wildman–Crippen LogP) is 4.10. The van der Waals surface area contributed by atoms with Crippen molar-refractivity contribution >= 4 is 23.6 Å². The van der Waals surface area contributed by atoms with Crippen molar-refractivity contribution in [2.24, 2.45) is 0 Å². The molecule has 158 valence electrons. The first-order valence-electron chi connectivity index (χ1n) is 9.96. The van der Waals surface area contributed by atoms with Crippen LogP contribution in [0.15, 0.2) is 73.1 Å². The number of pyridine rings is 1. The lowest BCUT2D eigenvalue weighted by atomic mass is 10.1. The molecule has 1 fully saturated rings. The molecule has 2 atom stereocenters. The van der Waals surface area contributed by atoms with Crippen LogP contribution in [0.5, 0.6) is 0 Å². The average molecular weight is 436 g/mol. The van der Waals surface area contributed by atoms with E-state index in [-0.39, 0.29) is 17.6 Å². The SMILES string of the molecule is Cc1cccc(C(=O)N2C(C(=O)NCc3ccncc3)CSC2c2cccc(F)c2)c1. The van der Waals surface area contributed by atoms with Gasteiger partial charge in [-0.3, -0.25) is 14.6 Å². The minimum absolute atomic E-state index is 0.232. The van der Waals surface area contributed by atoms with Gasteiger partial charge in [-0.2, -0.15) is 0 Å². The second-order valence-electron chi connectivity index (χ2n) is 7.41. The number of aryl methyl sites for hydroxylation is 1. The van der Waals surface area contributed by atoms with Gasteiger partial charge in [0.2, 0.25) is 5.91 Å². The van der Waals surface area contributed by atoms with Gasteiger partial charge in [-0.05, 0) is 54.4 Å². The van der Waals surface area contributed by atoms with E-state index in [2.05, 4.69) is 10.3 Å². The number of hydrogen-bond donors (Lipinski definition) is 1. The Morgan fingerprint density at radius 2 is 1.90 bits per heavy atom. The molecule has 31 heavy (non-hydrogen) atoms. The van der Waals surface area contributed by atoms with Gasteiger partial charge in [0.25, 0.3) is 5.91 Å². The Balaban J connectivity index is 1.62. The molecule has 1 N–H and O–H groups in total.